The van der Waals surface area contributed by atoms with Crippen molar-refractivity contribution >= 4 is 17.8 Å². The third kappa shape index (κ3) is 6.92. The quantitative estimate of drug-likeness (QED) is 0.522. The Morgan fingerprint density at radius 1 is 1.16 bits per heavy atom. The maximum absolute atomic E-state index is 13.2. The van der Waals surface area contributed by atoms with E-state index in [1.165, 1.54) is 0 Å². The molecule has 1 aromatic carbocycles. The van der Waals surface area contributed by atoms with Crippen LogP contribution in [-0.4, -0.2) is 53.1 Å². The van der Waals surface area contributed by atoms with Crippen molar-refractivity contribution < 1.29 is 24.2 Å². The van der Waals surface area contributed by atoms with E-state index in [9.17, 15) is 19.5 Å². The first-order valence-corrected chi connectivity index (χ1v) is 11.6. The van der Waals surface area contributed by atoms with Gasteiger partial charge < -0.3 is 20.1 Å². The molecule has 2 amide bonds. The van der Waals surface area contributed by atoms with Gasteiger partial charge in [0.2, 0.25) is 11.8 Å². The number of benzene rings is 1. The van der Waals surface area contributed by atoms with Crippen LogP contribution in [0.1, 0.15) is 56.9 Å². The molecular formula is C25H34N2O5. The van der Waals surface area contributed by atoms with Gasteiger partial charge in [0.05, 0.1) is 18.1 Å². The van der Waals surface area contributed by atoms with Gasteiger partial charge in [-0.05, 0) is 31.2 Å². The number of nitrogens with one attached hydrogen (secondary N) is 1. The molecule has 1 saturated carbocycles. The summed E-state index contributed by atoms with van der Waals surface area (Å²) >= 11 is 0. The zero-order chi connectivity index (χ0) is 22.8. The Morgan fingerprint density at radius 3 is 2.62 bits per heavy atom. The molecule has 7 heteroatoms. The van der Waals surface area contributed by atoms with Gasteiger partial charge in [-0.2, -0.15) is 0 Å². The Bertz CT molecular complexity index is 802. The van der Waals surface area contributed by atoms with Crippen molar-refractivity contribution in [3.63, 3.8) is 0 Å². The van der Waals surface area contributed by atoms with Gasteiger partial charge in [-0.3, -0.25) is 14.4 Å². The number of allylic oxidation sites excluding steroid dienone is 2. The molecule has 2 aliphatic rings. The number of aliphatic hydroxyl groups is 1. The number of rotatable bonds is 6. The van der Waals surface area contributed by atoms with E-state index < -0.39 is 11.5 Å². The number of cyclic esters (lactones) is 1. The number of ether oxygens (including phenoxy) is 1. The van der Waals surface area contributed by atoms with Gasteiger partial charge in [0.15, 0.2) is 0 Å². The Labute approximate surface area is 189 Å². The topological polar surface area (TPSA) is 95.9 Å². The highest BCUT2D eigenvalue weighted by Crippen LogP contribution is 2.31. The summed E-state index contributed by atoms with van der Waals surface area (Å²) < 4.78 is 5.46. The van der Waals surface area contributed by atoms with Crippen LogP contribution in [0.5, 0.6) is 0 Å². The maximum Gasteiger partial charge on any atom is 0.306 e. The molecule has 1 aromatic rings. The third-order valence-electron chi connectivity index (χ3n) is 6.29. The molecule has 1 aliphatic heterocycles. The summed E-state index contributed by atoms with van der Waals surface area (Å²) in [6, 6.07) is 9.62. The van der Waals surface area contributed by atoms with Crippen LogP contribution in [0.2, 0.25) is 0 Å². The molecule has 1 heterocycles. The van der Waals surface area contributed by atoms with Crippen LogP contribution in [0.4, 0.5) is 0 Å². The Hall–Kier alpha value is -2.67. The molecule has 0 radical (unpaired) electrons. The van der Waals surface area contributed by atoms with Crippen molar-refractivity contribution in [2.24, 2.45) is 5.92 Å². The molecule has 1 unspecified atom stereocenters. The van der Waals surface area contributed by atoms with E-state index in [0.717, 1.165) is 31.2 Å². The lowest BCUT2D eigenvalue weighted by Crippen LogP contribution is -2.52. The van der Waals surface area contributed by atoms with Crippen LogP contribution in [0.15, 0.2) is 42.5 Å². The minimum atomic E-state index is -0.536. The molecule has 1 atom stereocenters. The molecule has 1 fully saturated rings. The number of hydrogen-bond donors (Lipinski definition) is 2. The molecule has 7 nitrogen and oxygen atoms in total. The summed E-state index contributed by atoms with van der Waals surface area (Å²) in [7, 11) is 0. The van der Waals surface area contributed by atoms with E-state index >= 15 is 0 Å². The molecule has 1 aliphatic carbocycles. The van der Waals surface area contributed by atoms with Crippen LogP contribution < -0.4 is 5.32 Å². The molecular weight excluding hydrogens is 408 g/mol. The predicted octanol–water partition coefficient (Wildman–Crippen LogP) is 2.73. The monoisotopic (exact) mass is 442 g/mol. The third-order valence-corrected chi connectivity index (χ3v) is 6.29. The van der Waals surface area contributed by atoms with Crippen molar-refractivity contribution in [1.29, 1.82) is 0 Å². The molecule has 1 spiro atoms. The van der Waals surface area contributed by atoms with Crippen LogP contribution >= 0.6 is 0 Å². The number of carbonyl (C=O) groups excluding carboxylic acids is 3. The normalized spacial score (nSPS) is 21.3. The molecule has 2 N–H and O–H groups in total. The lowest BCUT2D eigenvalue weighted by Gasteiger charge is -2.32. The summed E-state index contributed by atoms with van der Waals surface area (Å²) in [5.41, 5.74) is 0.440. The van der Waals surface area contributed by atoms with E-state index in [2.05, 4.69) is 5.32 Å². The van der Waals surface area contributed by atoms with Crippen LogP contribution in [0.25, 0.3) is 0 Å². The fourth-order valence-corrected chi connectivity index (χ4v) is 4.43. The predicted molar refractivity (Wildman–Crippen MR) is 120 cm³/mol. The maximum atomic E-state index is 13.2. The van der Waals surface area contributed by atoms with Crippen molar-refractivity contribution in [3.8, 4) is 0 Å². The molecule has 3 rings (SSSR count). The number of esters is 1. The highest BCUT2D eigenvalue weighted by molar-refractivity contribution is 5.86. The summed E-state index contributed by atoms with van der Waals surface area (Å²) in [6.45, 7) is 0.665. The number of aliphatic hydroxyl groups excluding tert-OH is 1. The van der Waals surface area contributed by atoms with Gasteiger partial charge >= 0.3 is 5.97 Å². The van der Waals surface area contributed by atoms with Crippen LogP contribution in [0.3, 0.4) is 0 Å². The first kappa shape index (κ1) is 24.0. The second-order valence-corrected chi connectivity index (χ2v) is 8.81. The summed E-state index contributed by atoms with van der Waals surface area (Å²) in [5, 5.41) is 12.6. The minimum Gasteiger partial charge on any atom is -0.463 e. The van der Waals surface area contributed by atoms with E-state index in [1.807, 2.05) is 42.5 Å². The standard InChI is InChI=1S/C25H34N2O5/c28-16-15-27(18-20-9-3-1-4-10-20)22(29)17-21-11-5-2-6-12-23(30)32-19-25(26-24(21)31)13-7-8-14-25/h1-5,9-10,21,28H,6-8,11-19H2,(H,26,31). The van der Waals surface area contributed by atoms with Crippen LogP contribution in [0, 0.1) is 5.92 Å². The number of amides is 2. The number of hydrogen-bond acceptors (Lipinski definition) is 5. The van der Waals surface area contributed by atoms with Crippen molar-refractivity contribution in [2.75, 3.05) is 19.8 Å². The van der Waals surface area contributed by atoms with Crippen molar-refractivity contribution in [2.45, 2.75) is 63.5 Å². The highest BCUT2D eigenvalue weighted by Gasteiger charge is 2.38. The number of nitrogens with zero attached hydrogens (tertiary/aromatic N) is 1. The minimum absolute atomic E-state index is 0.0683. The Morgan fingerprint density at radius 2 is 1.91 bits per heavy atom. The van der Waals surface area contributed by atoms with E-state index in [1.54, 1.807) is 4.90 Å². The second-order valence-electron chi connectivity index (χ2n) is 8.81. The molecule has 0 aromatic heterocycles. The van der Waals surface area contributed by atoms with Gasteiger partial charge in [0, 0.05) is 25.9 Å². The first-order valence-electron chi connectivity index (χ1n) is 11.6. The summed E-state index contributed by atoms with van der Waals surface area (Å²) in [6.07, 6.45) is 8.60. The van der Waals surface area contributed by atoms with Gasteiger partial charge in [0.1, 0.15) is 6.61 Å². The SMILES string of the molecule is O=C1CCC=CCC(CC(=O)N(CCO)Cc2ccccc2)C(=O)NC2(CCCC2)CO1. The zero-order valence-electron chi connectivity index (χ0n) is 18.6. The van der Waals surface area contributed by atoms with Crippen LogP contribution in [-0.2, 0) is 25.7 Å². The molecule has 174 valence electrons. The highest BCUT2D eigenvalue weighted by atomic mass is 16.5. The first-order chi connectivity index (χ1) is 15.5. The average Bonchev–Trinajstić information content (AvgIpc) is 3.25. The molecule has 32 heavy (non-hydrogen) atoms. The van der Waals surface area contributed by atoms with E-state index in [4.69, 9.17) is 4.74 Å². The fourth-order valence-electron chi connectivity index (χ4n) is 4.43. The van der Waals surface area contributed by atoms with Crippen molar-refractivity contribution in [3.05, 3.63) is 48.0 Å². The molecule has 0 saturated heterocycles. The smallest absolute Gasteiger partial charge is 0.306 e. The molecule has 0 bridgehead atoms. The van der Waals surface area contributed by atoms with Crippen molar-refractivity contribution in [1.82, 2.24) is 10.2 Å². The van der Waals surface area contributed by atoms with E-state index in [0.29, 0.717) is 25.8 Å². The second kappa shape index (κ2) is 11.8. The fraction of sp³-hybridized carbons (Fsp3) is 0.560. The van der Waals surface area contributed by atoms with Gasteiger partial charge in [-0.1, -0.05) is 55.3 Å². The van der Waals surface area contributed by atoms with E-state index in [-0.39, 0.29) is 44.0 Å². The lowest BCUT2D eigenvalue weighted by atomic mass is 9.93. The average molecular weight is 443 g/mol. The van der Waals surface area contributed by atoms with Gasteiger partial charge in [0.25, 0.3) is 0 Å². The lowest BCUT2D eigenvalue weighted by molar-refractivity contribution is -0.147. The Balaban J connectivity index is 1.73. The Kier molecular flexibility index (Phi) is 8.85. The van der Waals surface area contributed by atoms with Gasteiger partial charge in [-0.25, -0.2) is 0 Å². The summed E-state index contributed by atoms with van der Waals surface area (Å²) in [5.74, 6) is -1.09. The summed E-state index contributed by atoms with van der Waals surface area (Å²) in [4.78, 5) is 39.9. The largest absolute Gasteiger partial charge is 0.463 e. The van der Waals surface area contributed by atoms with Gasteiger partial charge in [-0.15, -0.1) is 0 Å². The number of carbonyl (C=O) groups is 3. The zero-order valence-corrected chi connectivity index (χ0v) is 18.6.